The van der Waals surface area contributed by atoms with Gasteiger partial charge in [0.05, 0.1) is 29.2 Å². The van der Waals surface area contributed by atoms with Gasteiger partial charge in [0.15, 0.2) is 0 Å². The zero-order valence-corrected chi connectivity index (χ0v) is 17.7. The summed E-state index contributed by atoms with van der Waals surface area (Å²) in [6.45, 7) is 5.69. The maximum absolute atomic E-state index is 12.3. The molecule has 0 spiro atoms. The number of nitrogens with zero attached hydrogens (tertiary/aromatic N) is 3. The second-order valence-corrected chi connectivity index (χ2v) is 6.16. The summed E-state index contributed by atoms with van der Waals surface area (Å²) in [5.74, 6) is 0.327. The molecule has 2 aromatic rings. The smallest absolute Gasteiger partial charge is 0.351 e. The molecule has 0 saturated carbocycles. The number of aliphatic hydroxyl groups is 2. The predicted molar refractivity (Wildman–Crippen MR) is 113 cm³/mol. The molecule has 3 atom stereocenters. The van der Waals surface area contributed by atoms with Crippen molar-refractivity contribution < 1.29 is 19.9 Å². The zero-order valence-electron chi connectivity index (χ0n) is 17.7. The summed E-state index contributed by atoms with van der Waals surface area (Å²) >= 11 is 0. The average Bonchev–Trinajstić information content (AvgIpc) is 3.25. The maximum Gasteiger partial charge on any atom is 0.351 e. The first-order chi connectivity index (χ1) is 14.5. The van der Waals surface area contributed by atoms with Gasteiger partial charge in [-0.25, -0.2) is 4.79 Å². The van der Waals surface area contributed by atoms with E-state index in [1.165, 1.54) is 10.6 Å². The van der Waals surface area contributed by atoms with Gasteiger partial charge >= 0.3 is 5.69 Å². The summed E-state index contributed by atoms with van der Waals surface area (Å²) in [6.07, 6.45) is 2.19. The van der Waals surface area contributed by atoms with Crippen LogP contribution in [0.1, 0.15) is 51.4 Å². The lowest BCUT2D eigenvalue weighted by atomic mass is 10.1. The third-order valence-electron chi connectivity index (χ3n) is 4.39. The van der Waals surface area contributed by atoms with E-state index in [0.717, 1.165) is 7.11 Å². The van der Waals surface area contributed by atoms with Crippen LogP contribution in [0.15, 0.2) is 41.3 Å². The van der Waals surface area contributed by atoms with E-state index in [0.29, 0.717) is 24.2 Å². The number of nitro groups is 1. The highest BCUT2D eigenvalue weighted by molar-refractivity contribution is 5.46. The van der Waals surface area contributed by atoms with Gasteiger partial charge in [-0.3, -0.25) is 14.7 Å². The van der Waals surface area contributed by atoms with E-state index in [-0.39, 0.29) is 18.4 Å². The Bertz CT molecular complexity index is 857. The van der Waals surface area contributed by atoms with E-state index in [1.54, 1.807) is 37.4 Å². The van der Waals surface area contributed by atoms with Gasteiger partial charge in [-0.1, -0.05) is 32.0 Å². The highest BCUT2D eigenvalue weighted by Gasteiger charge is 2.27. The largest absolute Gasteiger partial charge is 0.400 e. The minimum absolute atomic E-state index is 0.00948. The quantitative estimate of drug-likeness (QED) is 0.477. The normalized spacial score (nSPS) is 18.3. The third-order valence-corrected chi connectivity index (χ3v) is 4.39. The van der Waals surface area contributed by atoms with Crippen molar-refractivity contribution in [2.45, 2.75) is 52.0 Å². The Morgan fingerprint density at radius 3 is 2.53 bits per heavy atom. The van der Waals surface area contributed by atoms with Gasteiger partial charge in [-0.15, -0.1) is 0 Å². The predicted octanol–water partition coefficient (Wildman–Crippen LogP) is 2.63. The fraction of sp³-hybridized carbons (Fsp3) is 0.500. The molecule has 0 bridgehead atoms. The van der Waals surface area contributed by atoms with E-state index < -0.39 is 22.9 Å². The first-order valence-corrected chi connectivity index (χ1v) is 9.79. The van der Waals surface area contributed by atoms with Crippen LogP contribution in [0.25, 0.3) is 0 Å². The van der Waals surface area contributed by atoms with Crippen molar-refractivity contribution in [1.82, 2.24) is 9.55 Å². The van der Waals surface area contributed by atoms with E-state index in [9.17, 15) is 14.9 Å². The number of hydrogen-bond donors (Lipinski definition) is 3. The van der Waals surface area contributed by atoms with Crippen molar-refractivity contribution in [2.75, 3.05) is 19.0 Å². The van der Waals surface area contributed by atoms with Crippen LogP contribution in [0.4, 0.5) is 11.5 Å². The van der Waals surface area contributed by atoms with Crippen molar-refractivity contribution >= 4 is 11.5 Å². The SMILES string of the molecule is CC.CC(Nc1ccn([C@H]2CCC(CO)O2)c(=O)n1)c1ccccc1[N+](=O)[O-].CO. The summed E-state index contributed by atoms with van der Waals surface area (Å²) in [5.41, 5.74) is 0.0389. The van der Waals surface area contributed by atoms with E-state index in [2.05, 4.69) is 10.3 Å². The number of hydrogen-bond acceptors (Lipinski definition) is 8. The third kappa shape index (κ3) is 6.34. The molecule has 2 unspecified atom stereocenters. The molecular weight excluding hydrogens is 392 g/mol. The van der Waals surface area contributed by atoms with Crippen LogP contribution >= 0.6 is 0 Å². The molecule has 0 amide bonds. The molecule has 3 rings (SSSR count). The molecule has 3 N–H and O–H groups in total. The van der Waals surface area contributed by atoms with E-state index in [4.69, 9.17) is 14.9 Å². The second-order valence-electron chi connectivity index (χ2n) is 6.16. The molecule has 1 aromatic carbocycles. The Morgan fingerprint density at radius 2 is 1.97 bits per heavy atom. The van der Waals surface area contributed by atoms with Crippen LogP contribution in [0.2, 0.25) is 0 Å². The van der Waals surface area contributed by atoms with Crippen molar-refractivity contribution in [3.63, 3.8) is 0 Å². The number of nitro benzene ring substituents is 1. The van der Waals surface area contributed by atoms with Crippen LogP contribution in [-0.2, 0) is 4.74 Å². The van der Waals surface area contributed by atoms with Gasteiger partial charge in [-0.05, 0) is 25.8 Å². The summed E-state index contributed by atoms with van der Waals surface area (Å²) in [7, 11) is 1.00. The first-order valence-electron chi connectivity index (χ1n) is 9.79. The minimum atomic E-state index is -0.478. The number of ether oxygens (including phenoxy) is 1. The molecule has 2 heterocycles. The zero-order chi connectivity index (χ0) is 22.7. The first kappa shape index (κ1) is 25.2. The van der Waals surface area contributed by atoms with Crippen LogP contribution in [-0.4, -0.2) is 44.5 Å². The molecule has 166 valence electrons. The molecule has 30 heavy (non-hydrogen) atoms. The Kier molecular flexibility index (Phi) is 10.7. The van der Waals surface area contributed by atoms with Gasteiger partial charge in [0.1, 0.15) is 12.0 Å². The van der Waals surface area contributed by atoms with Gasteiger partial charge in [0.2, 0.25) is 0 Å². The van der Waals surface area contributed by atoms with Crippen LogP contribution in [0.5, 0.6) is 0 Å². The molecule has 1 aliphatic rings. The number of aromatic nitrogens is 2. The topological polar surface area (TPSA) is 140 Å². The summed E-state index contributed by atoms with van der Waals surface area (Å²) in [4.78, 5) is 27.0. The molecule has 0 aliphatic carbocycles. The Morgan fingerprint density at radius 1 is 1.30 bits per heavy atom. The summed E-state index contributed by atoms with van der Waals surface area (Å²) in [5, 5.41) is 30.3. The molecule has 10 nitrogen and oxygen atoms in total. The average molecular weight is 422 g/mol. The standard InChI is InChI=1S/C17H20N4O5.C2H6.CH4O/c1-11(13-4-2-3-5-14(13)21(24)25)18-15-8-9-20(17(23)19-15)16-7-6-12(10-22)26-16;2*1-2/h2-5,8-9,11-12,16,22H,6-7,10H2,1H3,(H,18,19,23);1-2H3;2H,1H3/t11?,12?,16-;;/m1../s1. The van der Waals surface area contributed by atoms with Crippen LogP contribution in [0, 0.1) is 10.1 Å². The number of nitrogens with one attached hydrogen (secondary N) is 1. The molecule has 1 fully saturated rings. The Hall–Kier alpha value is -2.82. The molecular formula is C20H30N4O6. The summed E-state index contributed by atoms with van der Waals surface area (Å²) < 4.78 is 6.97. The number of aliphatic hydroxyl groups excluding tert-OH is 2. The highest BCUT2D eigenvalue weighted by atomic mass is 16.6. The lowest BCUT2D eigenvalue weighted by molar-refractivity contribution is -0.385. The van der Waals surface area contributed by atoms with Crippen LogP contribution in [0.3, 0.4) is 0 Å². The molecule has 10 heteroatoms. The monoisotopic (exact) mass is 422 g/mol. The van der Waals surface area contributed by atoms with E-state index >= 15 is 0 Å². The van der Waals surface area contributed by atoms with Gasteiger partial charge in [-0.2, -0.15) is 4.98 Å². The minimum Gasteiger partial charge on any atom is -0.400 e. The van der Waals surface area contributed by atoms with Gasteiger partial charge in [0, 0.05) is 19.4 Å². The molecule has 1 aliphatic heterocycles. The molecule has 1 saturated heterocycles. The fourth-order valence-corrected chi connectivity index (χ4v) is 3.06. The van der Waals surface area contributed by atoms with Crippen molar-refractivity contribution in [2.24, 2.45) is 0 Å². The van der Waals surface area contributed by atoms with E-state index in [1.807, 2.05) is 13.8 Å². The lowest BCUT2D eigenvalue weighted by Gasteiger charge is -2.17. The number of rotatable bonds is 6. The maximum atomic E-state index is 12.3. The molecule has 0 radical (unpaired) electrons. The van der Waals surface area contributed by atoms with Crippen molar-refractivity contribution in [3.8, 4) is 0 Å². The summed E-state index contributed by atoms with van der Waals surface area (Å²) in [6, 6.07) is 7.66. The number of benzene rings is 1. The Labute approximate surface area is 175 Å². The number of para-hydroxylation sites is 1. The van der Waals surface area contributed by atoms with Gasteiger partial charge in [0.25, 0.3) is 5.69 Å². The lowest BCUT2D eigenvalue weighted by Crippen LogP contribution is -2.28. The highest BCUT2D eigenvalue weighted by Crippen LogP contribution is 2.28. The van der Waals surface area contributed by atoms with Crippen molar-refractivity contribution in [3.05, 3.63) is 62.7 Å². The van der Waals surface area contributed by atoms with Crippen LogP contribution < -0.4 is 11.0 Å². The van der Waals surface area contributed by atoms with Crippen molar-refractivity contribution in [1.29, 1.82) is 0 Å². The Balaban J connectivity index is 0.00000106. The van der Waals surface area contributed by atoms with Gasteiger partial charge < -0.3 is 20.3 Å². The second kappa shape index (κ2) is 12.7. The number of anilines is 1. The molecule has 1 aromatic heterocycles. The fourth-order valence-electron chi connectivity index (χ4n) is 3.06.